The Balaban J connectivity index is 2.12. The Labute approximate surface area is 141 Å². The van der Waals surface area contributed by atoms with Crippen LogP contribution in [0.5, 0.6) is 0 Å². The summed E-state index contributed by atoms with van der Waals surface area (Å²) in [6.45, 7) is 2.06. The number of alkyl halides is 3. The van der Waals surface area contributed by atoms with E-state index in [1.807, 2.05) is 0 Å². The van der Waals surface area contributed by atoms with Crippen LogP contribution in [0.15, 0.2) is 18.2 Å². The number of nitrogens with zero attached hydrogens (tertiary/aromatic N) is 2. The number of hydrogen-bond donors (Lipinski definition) is 0. The number of benzene rings is 1. The molecule has 23 heavy (non-hydrogen) atoms. The van der Waals surface area contributed by atoms with Gasteiger partial charge < -0.3 is 9.80 Å². The third-order valence-corrected chi connectivity index (χ3v) is 5.29. The van der Waals surface area contributed by atoms with Crippen LogP contribution in [-0.4, -0.2) is 49.6 Å². The predicted molar refractivity (Wildman–Crippen MR) is 87.9 cm³/mol. The van der Waals surface area contributed by atoms with Gasteiger partial charge in [-0.1, -0.05) is 17.7 Å². The van der Waals surface area contributed by atoms with Gasteiger partial charge in [-0.2, -0.15) is 13.2 Å². The summed E-state index contributed by atoms with van der Waals surface area (Å²) in [4.78, 5) is 4.57. The van der Waals surface area contributed by atoms with Crippen molar-refractivity contribution in [1.29, 1.82) is 0 Å². The lowest BCUT2D eigenvalue weighted by atomic mass is 9.82. The molecule has 0 bridgehead atoms. The minimum atomic E-state index is -4.35. The maximum Gasteiger partial charge on any atom is 0.416 e. The van der Waals surface area contributed by atoms with Crippen LogP contribution < -0.4 is 0 Å². The van der Waals surface area contributed by atoms with E-state index < -0.39 is 11.7 Å². The molecule has 0 amide bonds. The molecule has 2 nitrogen and oxygen atoms in total. The van der Waals surface area contributed by atoms with E-state index in [-0.39, 0.29) is 10.6 Å². The van der Waals surface area contributed by atoms with E-state index in [1.54, 1.807) is 0 Å². The van der Waals surface area contributed by atoms with Crippen molar-refractivity contribution in [2.24, 2.45) is 0 Å². The first kappa shape index (κ1) is 18.6. The summed E-state index contributed by atoms with van der Waals surface area (Å²) in [7, 11) is 6.27. The summed E-state index contributed by atoms with van der Waals surface area (Å²) >= 11 is 6.08. The summed E-state index contributed by atoms with van der Waals surface area (Å²) in [5.74, 6) is 0. The third-order valence-electron chi connectivity index (χ3n) is 4.93. The molecule has 1 aliphatic rings. The SMILES string of the molecule is CN1CCC[C@@](CCc2ccc(C(F)(F)F)cc2Cl)(N(C)C)C1. The lowest BCUT2D eigenvalue weighted by molar-refractivity contribution is -0.137. The Kier molecular flexibility index (Phi) is 5.64. The second-order valence-corrected chi connectivity index (χ2v) is 7.17. The molecule has 1 aromatic rings. The zero-order valence-corrected chi connectivity index (χ0v) is 14.6. The maximum absolute atomic E-state index is 12.7. The highest BCUT2D eigenvalue weighted by atomic mass is 35.5. The first-order chi connectivity index (χ1) is 10.6. The van der Waals surface area contributed by atoms with Gasteiger partial charge in [0, 0.05) is 17.1 Å². The number of aryl methyl sites for hydroxylation is 1. The molecule has 0 unspecified atom stereocenters. The van der Waals surface area contributed by atoms with E-state index in [9.17, 15) is 13.2 Å². The van der Waals surface area contributed by atoms with Crippen LogP contribution in [0, 0.1) is 0 Å². The third kappa shape index (κ3) is 4.40. The monoisotopic (exact) mass is 348 g/mol. The van der Waals surface area contributed by atoms with E-state index in [1.165, 1.54) is 6.07 Å². The second kappa shape index (κ2) is 6.99. The van der Waals surface area contributed by atoms with Gasteiger partial charge in [0.1, 0.15) is 0 Å². The van der Waals surface area contributed by atoms with E-state index >= 15 is 0 Å². The quantitative estimate of drug-likeness (QED) is 0.799. The van der Waals surface area contributed by atoms with Crippen LogP contribution in [0.3, 0.4) is 0 Å². The van der Waals surface area contributed by atoms with Crippen molar-refractivity contribution >= 4 is 11.6 Å². The zero-order chi connectivity index (χ0) is 17.3. The first-order valence-corrected chi connectivity index (χ1v) is 8.23. The van der Waals surface area contributed by atoms with Gasteiger partial charge in [-0.05, 0) is 71.1 Å². The summed E-state index contributed by atoms with van der Waals surface area (Å²) in [6.07, 6.45) is -0.546. The molecule has 0 N–H and O–H groups in total. The lowest BCUT2D eigenvalue weighted by Crippen LogP contribution is -2.55. The normalized spacial score (nSPS) is 23.5. The lowest BCUT2D eigenvalue weighted by Gasteiger charge is -2.46. The average molecular weight is 349 g/mol. The average Bonchev–Trinajstić information content (AvgIpc) is 2.44. The number of likely N-dealkylation sites (tertiary alicyclic amines) is 1. The van der Waals surface area contributed by atoms with Crippen molar-refractivity contribution in [2.45, 2.75) is 37.4 Å². The van der Waals surface area contributed by atoms with Gasteiger partial charge in [-0.25, -0.2) is 0 Å². The number of piperidine rings is 1. The molecular weight excluding hydrogens is 325 g/mol. The van der Waals surface area contributed by atoms with Crippen molar-refractivity contribution in [3.63, 3.8) is 0 Å². The molecule has 1 aromatic carbocycles. The van der Waals surface area contributed by atoms with Gasteiger partial charge in [-0.15, -0.1) is 0 Å². The van der Waals surface area contributed by atoms with Crippen LogP contribution in [0.25, 0.3) is 0 Å². The van der Waals surface area contributed by atoms with Gasteiger partial charge in [0.2, 0.25) is 0 Å². The number of hydrogen-bond acceptors (Lipinski definition) is 2. The van der Waals surface area contributed by atoms with Gasteiger partial charge in [0.15, 0.2) is 0 Å². The van der Waals surface area contributed by atoms with Crippen molar-refractivity contribution < 1.29 is 13.2 Å². The molecule has 1 heterocycles. The Morgan fingerprint density at radius 3 is 2.52 bits per heavy atom. The summed E-state index contributed by atoms with van der Waals surface area (Å²) in [5, 5.41) is 0.206. The highest BCUT2D eigenvalue weighted by Gasteiger charge is 2.36. The maximum atomic E-state index is 12.7. The Morgan fingerprint density at radius 2 is 2.00 bits per heavy atom. The standard InChI is InChI=1S/C17H24ClF3N2/c1-22(2)16(8-4-10-23(3)12-16)9-7-13-5-6-14(11-15(13)18)17(19,20)21/h5-6,11H,4,7-10,12H2,1-3H3/t16-/m0/s1. The molecule has 1 atom stereocenters. The second-order valence-electron chi connectivity index (χ2n) is 6.76. The molecule has 1 saturated heterocycles. The predicted octanol–water partition coefficient (Wildman–Crippen LogP) is 4.32. The molecular formula is C17H24ClF3N2. The van der Waals surface area contributed by atoms with Crippen molar-refractivity contribution in [3.05, 3.63) is 34.3 Å². The van der Waals surface area contributed by atoms with Gasteiger partial charge in [0.05, 0.1) is 5.56 Å². The molecule has 2 rings (SSSR count). The van der Waals surface area contributed by atoms with Gasteiger partial charge >= 0.3 is 6.18 Å². The van der Waals surface area contributed by atoms with Crippen LogP contribution in [0.2, 0.25) is 5.02 Å². The fourth-order valence-corrected chi connectivity index (χ4v) is 3.70. The van der Waals surface area contributed by atoms with Gasteiger partial charge in [0.25, 0.3) is 0 Å². The summed E-state index contributed by atoms with van der Waals surface area (Å²) in [6, 6.07) is 3.67. The first-order valence-electron chi connectivity index (χ1n) is 7.86. The van der Waals surface area contributed by atoms with E-state index in [0.29, 0.717) is 6.42 Å². The van der Waals surface area contributed by atoms with Crippen LogP contribution in [0.1, 0.15) is 30.4 Å². The van der Waals surface area contributed by atoms with Crippen LogP contribution in [0.4, 0.5) is 13.2 Å². The molecule has 6 heteroatoms. The molecule has 0 saturated carbocycles. The number of likely N-dealkylation sites (N-methyl/N-ethyl adjacent to an activating group) is 2. The molecule has 0 aliphatic carbocycles. The van der Waals surface area contributed by atoms with Crippen LogP contribution in [-0.2, 0) is 12.6 Å². The molecule has 0 radical (unpaired) electrons. The summed E-state index contributed by atoms with van der Waals surface area (Å²) in [5.41, 5.74) is 0.152. The molecule has 0 aromatic heterocycles. The molecule has 1 fully saturated rings. The molecule has 130 valence electrons. The van der Waals surface area contributed by atoms with Crippen LogP contribution >= 0.6 is 11.6 Å². The molecule has 0 spiro atoms. The highest BCUT2D eigenvalue weighted by molar-refractivity contribution is 6.31. The Hall–Kier alpha value is -0.780. The molecule has 1 aliphatic heterocycles. The highest BCUT2D eigenvalue weighted by Crippen LogP contribution is 2.34. The topological polar surface area (TPSA) is 6.48 Å². The largest absolute Gasteiger partial charge is 0.416 e. The fraction of sp³-hybridized carbons (Fsp3) is 0.647. The number of rotatable bonds is 4. The number of halogens is 4. The Morgan fingerprint density at radius 1 is 1.30 bits per heavy atom. The van der Waals surface area contributed by atoms with Crippen molar-refractivity contribution in [3.8, 4) is 0 Å². The van der Waals surface area contributed by atoms with E-state index in [2.05, 4.69) is 30.9 Å². The van der Waals surface area contributed by atoms with Gasteiger partial charge in [-0.3, -0.25) is 0 Å². The fourth-order valence-electron chi connectivity index (χ4n) is 3.43. The minimum absolute atomic E-state index is 0.0546. The van der Waals surface area contributed by atoms with Crippen molar-refractivity contribution in [2.75, 3.05) is 34.2 Å². The van der Waals surface area contributed by atoms with Crippen molar-refractivity contribution in [1.82, 2.24) is 9.80 Å². The van der Waals surface area contributed by atoms with E-state index in [0.717, 1.165) is 50.0 Å². The Bertz CT molecular complexity index is 545. The minimum Gasteiger partial charge on any atom is -0.305 e. The van der Waals surface area contributed by atoms with E-state index in [4.69, 9.17) is 11.6 Å². The zero-order valence-electron chi connectivity index (χ0n) is 13.9. The smallest absolute Gasteiger partial charge is 0.305 e. The summed E-state index contributed by atoms with van der Waals surface area (Å²) < 4.78 is 38.1.